The van der Waals surface area contributed by atoms with Crippen LogP contribution in [0.15, 0.2) is 51.8 Å². The van der Waals surface area contributed by atoms with Crippen molar-refractivity contribution in [3.05, 3.63) is 59.5 Å². The zero-order valence-electron chi connectivity index (χ0n) is 16.3. The Hall–Kier alpha value is -2.22. The summed E-state index contributed by atoms with van der Waals surface area (Å²) in [5.74, 6) is 0.673. The number of rotatable bonds is 5. The molecule has 6 nitrogen and oxygen atoms in total. The highest BCUT2D eigenvalue weighted by molar-refractivity contribution is 7.89. The van der Waals surface area contributed by atoms with Crippen molar-refractivity contribution in [2.45, 2.75) is 31.7 Å². The van der Waals surface area contributed by atoms with Crippen LogP contribution in [0.4, 0.5) is 0 Å². The number of aryl methyl sites for hydroxylation is 2. The van der Waals surface area contributed by atoms with Gasteiger partial charge in [0.1, 0.15) is 5.52 Å². The molecule has 1 aliphatic rings. The second kappa shape index (κ2) is 7.66. The van der Waals surface area contributed by atoms with Gasteiger partial charge in [0.15, 0.2) is 5.58 Å². The Morgan fingerprint density at radius 2 is 1.75 bits per heavy atom. The SMILES string of the molecule is CCc1ccc(S(=O)(=O)N2CCN(Cc3nc4cc(C)ccc4o3)CC2)cc1. The standard InChI is InChI=1S/C21H25N3O3S/c1-3-17-5-7-18(8-6-17)28(25,26)24-12-10-23(11-13-24)15-21-22-19-14-16(2)4-9-20(19)27-21/h4-9,14H,3,10-13,15H2,1-2H3. The van der Waals surface area contributed by atoms with Gasteiger partial charge in [-0.15, -0.1) is 0 Å². The van der Waals surface area contributed by atoms with Crippen LogP contribution in [-0.4, -0.2) is 48.8 Å². The Morgan fingerprint density at radius 3 is 2.43 bits per heavy atom. The van der Waals surface area contributed by atoms with Gasteiger partial charge >= 0.3 is 0 Å². The summed E-state index contributed by atoms with van der Waals surface area (Å²) < 4.78 is 33.2. The van der Waals surface area contributed by atoms with E-state index in [1.54, 1.807) is 16.4 Å². The normalized spacial score (nSPS) is 16.6. The lowest BCUT2D eigenvalue weighted by atomic mass is 10.2. The summed E-state index contributed by atoms with van der Waals surface area (Å²) in [5, 5.41) is 0. The molecule has 4 rings (SSSR count). The number of nitrogens with zero attached hydrogens (tertiary/aromatic N) is 3. The van der Waals surface area contributed by atoms with Gasteiger partial charge in [0, 0.05) is 26.2 Å². The van der Waals surface area contributed by atoms with E-state index in [-0.39, 0.29) is 0 Å². The Balaban J connectivity index is 1.40. The van der Waals surface area contributed by atoms with E-state index in [9.17, 15) is 8.42 Å². The van der Waals surface area contributed by atoms with Crippen LogP contribution in [0, 0.1) is 6.92 Å². The molecule has 148 valence electrons. The molecule has 0 saturated carbocycles. The Bertz CT molecular complexity index is 1070. The zero-order chi connectivity index (χ0) is 19.7. The van der Waals surface area contributed by atoms with E-state index in [1.165, 1.54) is 0 Å². The van der Waals surface area contributed by atoms with Gasteiger partial charge in [-0.25, -0.2) is 13.4 Å². The van der Waals surface area contributed by atoms with Gasteiger partial charge in [-0.2, -0.15) is 4.31 Å². The van der Waals surface area contributed by atoms with E-state index in [2.05, 4.69) is 16.8 Å². The number of fused-ring (bicyclic) bond motifs is 1. The molecule has 0 unspecified atom stereocenters. The minimum atomic E-state index is -3.44. The van der Waals surface area contributed by atoms with Crippen LogP contribution in [-0.2, 0) is 23.0 Å². The Morgan fingerprint density at radius 1 is 1.04 bits per heavy atom. The number of benzene rings is 2. The summed E-state index contributed by atoms with van der Waals surface area (Å²) in [7, 11) is -3.44. The number of aromatic nitrogens is 1. The third kappa shape index (κ3) is 3.83. The van der Waals surface area contributed by atoms with Gasteiger partial charge in [-0.05, 0) is 48.7 Å². The molecule has 0 aliphatic carbocycles. The van der Waals surface area contributed by atoms with Crippen molar-refractivity contribution in [1.82, 2.24) is 14.2 Å². The van der Waals surface area contributed by atoms with Gasteiger partial charge in [-0.1, -0.05) is 25.1 Å². The van der Waals surface area contributed by atoms with Crippen molar-refractivity contribution >= 4 is 21.1 Å². The smallest absolute Gasteiger partial charge is 0.243 e. The molecule has 1 aliphatic heterocycles. The molecule has 1 fully saturated rings. The van der Waals surface area contributed by atoms with Crippen LogP contribution < -0.4 is 0 Å². The molecular formula is C21H25N3O3S. The molecule has 7 heteroatoms. The van der Waals surface area contributed by atoms with Gasteiger partial charge < -0.3 is 4.42 Å². The molecule has 2 heterocycles. The molecule has 0 spiro atoms. The second-order valence-electron chi connectivity index (χ2n) is 7.26. The van der Waals surface area contributed by atoms with Crippen LogP contribution in [0.1, 0.15) is 23.9 Å². The van der Waals surface area contributed by atoms with E-state index in [1.807, 2.05) is 37.3 Å². The highest BCUT2D eigenvalue weighted by Crippen LogP contribution is 2.21. The van der Waals surface area contributed by atoms with Crippen molar-refractivity contribution in [3.8, 4) is 0 Å². The van der Waals surface area contributed by atoms with Crippen LogP contribution in [0.25, 0.3) is 11.1 Å². The number of sulfonamides is 1. The van der Waals surface area contributed by atoms with Crippen molar-refractivity contribution in [3.63, 3.8) is 0 Å². The summed E-state index contributed by atoms with van der Waals surface area (Å²) in [5.41, 5.74) is 3.94. The fourth-order valence-corrected chi connectivity index (χ4v) is 4.94. The monoisotopic (exact) mass is 399 g/mol. The molecule has 0 N–H and O–H groups in total. The van der Waals surface area contributed by atoms with Crippen molar-refractivity contribution in [2.24, 2.45) is 0 Å². The van der Waals surface area contributed by atoms with E-state index >= 15 is 0 Å². The number of hydrogen-bond acceptors (Lipinski definition) is 5. The molecule has 0 bridgehead atoms. The topological polar surface area (TPSA) is 66.7 Å². The van der Waals surface area contributed by atoms with Crippen molar-refractivity contribution in [1.29, 1.82) is 0 Å². The predicted molar refractivity (Wildman–Crippen MR) is 109 cm³/mol. The lowest BCUT2D eigenvalue weighted by Gasteiger charge is -2.33. The van der Waals surface area contributed by atoms with E-state index in [0.29, 0.717) is 43.5 Å². The second-order valence-corrected chi connectivity index (χ2v) is 9.19. The predicted octanol–water partition coefficient (Wildman–Crippen LogP) is 3.21. The van der Waals surface area contributed by atoms with Gasteiger partial charge in [0.05, 0.1) is 11.4 Å². The Kier molecular flexibility index (Phi) is 5.23. The quantitative estimate of drug-likeness (QED) is 0.659. The largest absolute Gasteiger partial charge is 0.439 e. The molecule has 0 atom stereocenters. The van der Waals surface area contributed by atoms with Gasteiger partial charge in [-0.3, -0.25) is 4.90 Å². The highest BCUT2D eigenvalue weighted by atomic mass is 32.2. The molecule has 2 aromatic carbocycles. The minimum absolute atomic E-state index is 0.368. The summed E-state index contributed by atoms with van der Waals surface area (Å²) in [6.45, 7) is 6.93. The fraction of sp³-hybridized carbons (Fsp3) is 0.381. The first kappa shape index (κ1) is 19.1. The molecule has 3 aromatic rings. The van der Waals surface area contributed by atoms with E-state index in [0.717, 1.165) is 28.6 Å². The number of hydrogen-bond donors (Lipinski definition) is 0. The number of oxazole rings is 1. The van der Waals surface area contributed by atoms with Crippen molar-refractivity contribution < 1.29 is 12.8 Å². The van der Waals surface area contributed by atoms with Crippen LogP contribution in [0.2, 0.25) is 0 Å². The summed E-state index contributed by atoms with van der Waals surface area (Å²) in [4.78, 5) is 7.11. The first-order chi connectivity index (χ1) is 13.5. The van der Waals surface area contributed by atoms with Gasteiger partial charge in [0.2, 0.25) is 15.9 Å². The third-order valence-electron chi connectivity index (χ3n) is 5.25. The maximum atomic E-state index is 12.9. The maximum Gasteiger partial charge on any atom is 0.243 e. The molecule has 1 saturated heterocycles. The van der Waals surface area contributed by atoms with Gasteiger partial charge in [0.25, 0.3) is 0 Å². The first-order valence-electron chi connectivity index (χ1n) is 9.63. The molecular weight excluding hydrogens is 374 g/mol. The molecule has 1 aromatic heterocycles. The maximum absolute atomic E-state index is 12.9. The lowest BCUT2D eigenvalue weighted by Crippen LogP contribution is -2.48. The highest BCUT2D eigenvalue weighted by Gasteiger charge is 2.28. The lowest BCUT2D eigenvalue weighted by molar-refractivity contribution is 0.169. The zero-order valence-corrected chi connectivity index (χ0v) is 17.1. The average molecular weight is 400 g/mol. The van der Waals surface area contributed by atoms with E-state index < -0.39 is 10.0 Å². The van der Waals surface area contributed by atoms with Crippen LogP contribution in [0.3, 0.4) is 0 Å². The molecule has 0 radical (unpaired) electrons. The summed E-state index contributed by atoms with van der Waals surface area (Å²) >= 11 is 0. The Labute approximate surface area is 165 Å². The average Bonchev–Trinajstić information content (AvgIpc) is 3.09. The van der Waals surface area contributed by atoms with Crippen molar-refractivity contribution in [2.75, 3.05) is 26.2 Å². The van der Waals surface area contributed by atoms with Crippen LogP contribution >= 0.6 is 0 Å². The van der Waals surface area contributed by atoms with E-state index in [4.69, 9.17) is 4.42 Å². The number of piperazine rings is 1. The van der Waals surface area contributed by atoms with Crippen LogP contribution in [0.5, 0.6) is 0 Å². The molecule has 28 heavy (non-hydrogen) atoms. The summed E-state index contributed by atoms with van der Waals surface area (Å²) in [6.07, 6.45) is 0.897. The summed E-state index contributed by atoms with van der Waals surface area (Å²) in [6, 6.07) is 13.2. The minimum Gasteiger partial charge on any atom is -0.439 e. The fourth-order valence-electron chi connectivity index (χ4n) is 3.52. The first-order valence-corrected chi connectivity index (χ1v) is 11.1. The third-order valence-corrected chi connectivity index (χ3v) is 7.16. The molecule has 0 amide bonds.